The van der Waals surface area contributed by atoms with Crippen LogP contribution in [0.2, 0.25) is 0 Å². The Bertz CT molecular complexity index is 1030. The molecule has 3 aromatic rings. The molecule has 0 amide bonds. The maximum absolute atomic E-state index is 13.7. The molecule has 1 aliphatic carbocycles. The summed E-state index contributed by atoms with van der Waals surface area (Å²) in [6, 6.07) is 21.7. The SMILES string of the molecule is O=c1c2ccccc2cc(C(c2ccccc2)N2CCCC2)n1C1CCCCC1. The Hall–Kier alpha value is -2.39. The molecule has 2 aliphatic rings. The third-order valence-electron chi connectivity index (χ3n) is 6.83. The van der Waals surface area contributed by atoms with Crippen molar-refractivity contribution in [3.05, 3.63) is 82.3 Å². The highest BCUT2D eigenvalue weighted by atomic mass is 16.1. The van der Waals surface area contributed by atoms with E-state index in [-0.39, 0.29) is 11.6 Å². The molecule has 1 aliphatic heterocycles. The number of nitrogens with zero attached hydrogens (tertiary/aromatic N) is 2. The Balaban J connectivity index is 1.75. The molecular weight excluding hydrogens is 356 g/mol. The van der Waals surface area contributed by atoms with E-state index in [2.05, 4.69) is 51.9 Å². The summed E-state index contributed by atoms with van der Waals surface area (Å²) in [6.45, 7) is 2.20. The van der Waals surface area contributed by atoms with Gasteiger partial charge in [-0.15, -0.1) is 0 Å². The minimum atomic E-state index is 0.151. The van der Waals surface area contributed by atoms with Crippen LogP contribution in [0.3, 0.4) is 0 Å². The number of rotatable bonds is 4. The lowest BCUT2D eigenvalue weighted by atomic mass is 9.92. The standard InChI is InChI=1S/C26H30N2O/c29-26-23-16-8-7-13-21(23)19-24(28(26)22-14-5-2-6-15-22)25(27-17-9-10-18-27)20-11-3-1-4-12-20/h1,3-4,7-8,11-13,16,19,22,25H,2,5-6,9-10,14-15,17-18H2. The van der Waals surface area contributed by atoms with Gasteiger partial charge in [0.15, 0.2) is 0 Å². The van der Waals surface area contributed by atoms with Gasteiger partial charge < -0.3 is 4.57 Å². The number of pyridine rings is 1. The van der Waals surface area contributed by atoms with Crippen molar-refractivity contribution >= 4 is 10.8 Å². The zero-order valence-corrected chi connectivity index (χ0v) is 17.1. The van der Waals surface area contributed by atoms with Gasteiger partial charge >= 0.3 is 0 Å². The second-order valence-electron chi connectivity index (χ2n) is 8.68. The van der Waals surface area contributed by atoms with Gasteiger partial charge in [-0.25, -0.2) is 0 Å². The zero-order chi connectivity index (χ0) is 19.6. The fourth-order valence-electron chi connectivity index (χ4n) is 5.42. The van der Waals surface area contributed by atoms with Crippen molar-refractivity contribution in [3.8, 4) is 0 Å². The van der Waals surface area contributed by atoms with Crippen LogP contribution >= 0.6 is 0 Å². The monoisotopic (exact) mass is 386 g/mol. The lowest BCUT2D eigenvalue weighted by Crippen LogP contribution is -2.35. The van der Waals surface area contributed by atoms with Gasteiger partial charge in [0.2, 0.25) is 0 Å². The minimum Gasteiger partial charge on any atom is -0.307 e. The molecule has 5 rings (SSSR count). The van der Waals surface area contributed by atoms with E-state index in [4.69, 9.17) is 0 Å². The number of hydrogen-bond donors (Lipinski definition) is 0. The summed E-state index contributed by atoms with van der Waals surface area (Å²) in [5.41, 5.74) is 2.69. The van der Waals surface area contributed by atoms with E-state index in [1.165, 1.54) is 43.4 Å². The average Bonchev–Trinajstić information content (AvgIpc) is 3.30. The minimum absolute atomic E-state index is 0.151. The molecule has 150 valence electrons. The third kappa shape index (κ3) is 3.53. The number of likely N-dealkylation sites (tertiary alicyclic amines) is 1. The highest BCUT2D eigenvalue weighted by Crippen LogP contribution is 2.36. The number of benzene rings is 2. The maximum atomic E-state index is 13.7. The van der Waals surface area contributed by atoms with Crippen LogP contribution in [-0.2, 0) is 0 Å². The second kappa shape index (κ2) is 8.16. The fraction of sp³-hybridized carbons (Fsp3) is 0.423. The van der Waals surface area contributed by atoms with Crippen LogP contribution in [0, 0.1) is 0 Å². The van der Waals surface area contributed by atoms with Gasteiger partial charge in [0.05, 0.1) is 6.04 Å². The molecule has 1 atom stereocenters. The Morgan fingerprint density at radius 2 is 1.48 bits per heavy atom. The second-order valence-corrected chi connectivity index (χ2v) is 8.68. The number of aromatic nitrogens is 1. The Labute approximate surface area is 173 Å². The fourth-order valence-corrected chi connectivity index (χ4v) is 5.42. The van der Waals surface area contributed by atoms with Gasteiger partial charge in [-0.3, -0.25) is 9.69 Å². The molecule has 1 saturated carbocycles. The molecule has 29 heavy (non-hydrogen) atoms. The smallest absolute Gasteiger partial charge is 0.258 e. The van der Waals surface area contributed by atoms with Gasteiger partial charge in [0.1, 0.15) is 0 Å². The molecule has 0 radical (unpaired) electrons. The molecule has 0 N–H and O–H groups in total. The zero-order valence-electron chi connectivity index (χ0n) is 17.1. The first-order valence-electron chi connectivity index (χ1n) is 11.3. The van der Waals surface area contributed by atoms with Gasteiger partial charge in [-0.2, -0.15) is 0 Å². The molecular formula is C26H30N2O. The predicted octanol–water partition coefficient (Wildman–Crippen LogP) is 5.69. The van der Waals surface area contributed by atoms with Crippen LogP contribution in [-0.4, -0.2) is 22.6 Å². The topological polar surface area (TPSA) is 25.2 Å². The largest absolute Gasteiger partial charge is 0.307 e. The summed E-state index contributed by atoms with van der Waals surface area (Å²) < 4.78 is 2.19. The molecule has 0 bridgehead atoms. The first-order valence-corrected chi connectivity index (χ1v) is 11.3. The van der Waals surface area contributed by atoms with Crippen molar-refractivity contribution in [1.82, 2.24) is 9.47 Å². The van der Waals surface area contributed by atoms with Gasteiger partial charge in [-0.1, -0.05) is 67.8 Å². The van der Waals surface area contributed by atoms with E-state index in [0.717, 1.165) is 36.7 Å². The molecule has 2 fully saturated rings. The van der Waals surface area contributed by atoms with E-state index >= 15 is 0 Å². The van der Waals surface area contributed by atoms with Crippen molar-refractivity contribution in [2.24, 2.45) is 0 Å². The molecule has 1 saturated heterocycles. The Morgan fingerprint density at radius 3 is 2.24 bits per heavy atom. The highest BCUT2D eigenvalue weighted by molar-refractivity contribution is 5.82. The summed E-state index contributed by atoms with van der Waals surface area (Å²) in [5.74, 6) is 0. The van der Waals surface area contributed by atoms with Crippen LogP contribution in [0.4, 0.5) is 0 Å². The van der Waals surface area contributed by atoms with Crippen molar-refractivity contribution in [3.63, 3.8) is 0 Å². The summed E-state index contributed by atoms with van der Waals surface area (Å²) in [5, 5.41) is 1.93. The summed E-state index contributed by atoms with van der Waals surface area (Å²) in [7, 11) is 0. The molecule has 2 heterocycles. The molecule has 2 aromatic carbocycles. The third-order valence-corrected chi connectivity index (χ3v) is 6.83. The highest BCUT2D eigenvalue weighted by Gasteiger charge is 2.30. The summed E-state index contributed by atoms with van der Waals surface area (Å²) in [4.78, 5) is 16.3. The molecule has 1 unspecified atom stereocenters. The predicted molar refractivity (Wildman–Crippen MR) is 119 cm³/mol. The normalized spacial score (nSPS) is 19.6. The van der Waals surface area contributed by atoms with Crippen LogP contribution in [0.1, 0.15) is 68.3 Å². The lowest BCUT2D eigenvalue weighted by molar-refractivity contribution is 0.254. The maximum Gasteiger partial charge on any atom is 0.258 e. The first-order chi connectivity index (χ1) is 14.3. The van der Waals surface area contributed by atoms with Crippen molar-refractivity contribution in [2.45, 2.75) is 57.0 Å². The summed E-state index contributed by atoms with van der Waals surface area (Å²) >= 11 is 0. The molecule has 1 aromatic heterocycles. The van der Waals surface area contributed by atoms with E-state index in [1.807, 2.05) is 18.2 Å². The lowest BCUT2D eigenvalue weighted by Gasteiger charge is -2.34. The number of hydrogen-bond acceptors (Lipinski definition) is 2. The Morgan fingerprint density at radius 1 is 0.793 bits per heavy atom. The van der Waals surface area contributed by atoms with Gasteiger partial charge in [0, 0.05) is 17.1 Å². The van der Waals surface area contributed by atoms with E-state index in [1.54, 1.807) is 0 Å². The van der Waals surface area contributed by atoms with E-state index in [0.29, 0.717) is 6.04 Å². The van der Waals surface area contributed by atoms with E-state index < -0.39 is 0 Å². The average molecular weight is 387 g/mol. The summed E-state index contributed by atoms with van der Waals surface area (Å²) in [6.07, 6.45) is 8.46. The van der Waals surface area contributed by atoms with Crippen LogP contribution in [0.25, 0.3) is 10.8 Å². The first kappa shape index (κ1) is 18.6. The van der Waals surface area contributed by atoms with Crippen molar-refractivity contribution in [2.75, 3.05) is 13.1 Å². The van der Waals surface area contributed by atoms with Gasteiger partial charge in [0.25, 0.3) is 5.56 Å². The van der Waals surface area contributed by atoms with Gasteiger partial charge in [-0.05, 0) is 61.9 Å². The molecule has 0 spiro atoms. The van der Waals surface area contributed by atoms with Crippen LogP contribution < -0.4 is 5.56 Å². The van der Waals surface area contributed by atoms with Crippen molar-refractivity contribution in [1.29, 1.82) is 0 Å². The van der Waals surface area contributed by atoms with E-state index in [9.17, 15) is 4.79 Å². The molecule has 3 heteroatoms. The quantitative estimate of drug-likeness (QED) is 0.575. The Kier molecular flexibility index (Phi) is 5.24. The number of fused-ring (bicyclic) bond motifs is 1. The van der Waals surface area contributed by atoms with Crippen LogP contribution in [0.5, 0.6) is 0 Å². The molecule has 3 nitrogen and oxygen atoms in total. The van der Waals surface area contributed by atoms with Crippen LogP contribution in [0.15, 0.2) is 65.5 Å². The van der Waals surface area contributed by atoms with Crippen molar-refractivity contribution < 1.29 is 0 Å².